The van der Waals surface area contributed by atoms with Gasteiger partial charge in [-0.3, -0.25) is 4.79 Å². The molecule has 1 aromatic rings. The third kappa shape index (κ3) is 8.37. The van der Waals surface area contributed by atoms with Crippen molar-refractivity contribution in [1.29, 1.82) is 0 Å². The number of thioether (sulfide) groups is 1. The Morgan fingerprint density at radius 1 is 1.29 bits per heavy atom. The Morgan fingerprint density at radius 2 is 2.00 bits per heavy atom. The Bertz CT molecular complexity index is 408. The number of nitrogens with one attached hydrogen (secondary N) is 1. The van der Waals surface area contributed by atoms with E-state index in [1.807, 2.05) is 24.3 Å². The highest BCUT2D eigenvalue weighted by Gasteiger charge is 2.08. The van der Waals surface area contributed by atoms with E-state index in [4.69, 9.17) is 11.6 Å². The highest BCUT2D eigenvalue weighted by Crippen LogP contribution is 2.15. The van der Waals surface area contributed by atoms with Gasteiger partial charge >= 0.3 is 0 Å². The lowest BCUT2D eigenvalue weighted by atomic mass is 9.99. The molecule has 1 atom stereocenters. The first-order valence-corrected chi connectivity index (χ1v) is 9.27. The molecule has 0 saturated heterocycles. The van der Waals surface area contributed by atoms with E-state index >= 15 is 0 Å². The maximum absolute atomic E-state index is 11.8. The van der Waals surface area contributed by atoms with Gasteiger partial charge in [-0.05, 0) is 30.0 Å². The van der Waals surface area contributed by atoms with Crippen LogP contribution in [0.15, 0.2) is 24.3 Å². The Kier molecular flexibility index (Phi) is 9.60. The summed E-state index contributed by atoms with van der Waals surface area (Å²) in [4.78, 5) is 11.8. The van der Waals surface area contributed by atoms with Gasteiger partial charge in [-0.25, -0.2) is 0 Å². The first kappa shape index (κ1) is 18.4. The summed E-state index contributed by atoms with van der Waals surface area (Å²) in [6.45, 7) is 5.22. The van der Waals surface area contributed by atoms with E-state index in [9.17, 15) is 4.79 Å². The second-order valence-electron chi connectivity index (χ2n) is 5.34. The van der Waals surface area contributed by atoms with Crippen LogP contribution in [0.25, 0.3) is 0 Å². The van der Waals surface area contributed by atoms with E-state index in [1.165, 1.54) is 24.8 Å². The van der Waals surface area contributed by atoms with Crippen LogP contribution in [-0.2, 0) is 10.5 Å². The lowest BCUT2D eigenvalue weighted by molar-refractivity contribution is -0.118. The zero-order valence-corrected chi connectivity index (χ0v) is 14.6. The number of halogens is 1. The maximum Gasteiger partial charge on any atom is 0.230 e. The van der Waals surface area contributed by atoms with Gasteiger partial charge in [0.2, 0.25) is 5.91 Å². The maximum atomic E-state index is 11.8. The molecular formula is C17H26ClNOS. The predicted octanol–water partition coefficient (Wildman–Crippen LogP) is 4.91. The molecule has 0 bridgehead atoms. The lowest BCUT2D eigenvalue weighted by Gasteiger charge is -2.15. The second kappa shape index (κ2) is 11.0. The molecule has 0 spiro atoms. The van der Waals surface area contributed by atoms with Gasteiger partial charge in [0.25, 0.3) is 0 Å². The number of rotatable bonds is 10. The summed E-state index contributed by atoms with van der Waals surface area (Å²) in [5.74, 6) is 2.13. The molecule has 1 rings (SSSR count). The van der Waals surface area contributed by atoms with Crippen molar-refractivity contribution in [3.8, 4) is 0 Å². The fourth-order valence-corrected chi connectivity index (χ4v) is 3.04. The largest absolute Gasteiger partial charge is 0.355 e. The molecule has 2 nitrogen and oxygen atoms in total. The predicted molar refractivity (Wildman–Crippen MR) is 93.9 cm³/mol. The van der Waals surface area contributed by atoms with Gasteiger partial charge in [0.05, 0.1) is 5.75 Å². The molecule has 0 unspecified atom stereocenters. The number of carbonyl (C=O) groups is 1. The summed E-state index contributed by atoms with van der Waals surface area (Å²) >= 11 is 7.49. The van der Waals surface area contributed by atoms with Crippen LogP contribution in [0.3, 0.4) is 0 Å². The number of hydrogen-bond donors (Lipinski definition) is 1. The topological polar surface area (TPSA) is 29.1 Å². The minimum atomic E-state index is 0.143. The first-order valence-electron chi connectivity index (χ1n) is 7.74. The van der Waals surface area contributed by atoms with E-state index in [-0.39, 0.29) is 5.91 Å². The summed E-state index contributed by atoms with van der Waals surface area (Å²) in [5.41, 5.74) is 1.20. The molecule has 1 aromatic carbocycles. The second-order valence-corrected chi connectivity index (χ2v) is 6.76. The van der Waals surface area contributed by atoms with E-state index in [0.717, 1.165) is 23.7 Å². The van der Waals surface area contributed by atoms with E-state index in [1.54, 1.807) is 11.8 Å². The summed E-state index contributed by atoms with van der Waals surface area (Å²) < 4.78 is 0. The van der Waals surface area contributed by atoms with Crippen LogP contribution >= 0.6 is 23.4 Å². The summed E-state index contributed by atoms with van der Waals surface area (Å²) in [6, 6.07) is 7.78. The van der Waals surface area contributed by atoms with Crippen molar-refractivity contribution in [3.05, 3.63) is 34.9 Å². The molecular weight excluding hydrogens is 302 g/mol. The molecule has 0 aliphatic rings. The standard InChI is InChI=1S/C17H26ClNOS/c1-3-5-6-14(4-2)11-19-17(20)13-21-12-15-7-9-16(18)10-8-15/h7-10,14H,3-6,11-13H2,1-2H3,(H,19,20)/t14-/m1/s1. The molecule has 0 aliphatic heterocycles. The summed E-state index contributed by atoms with van der Waals surface area (Å²) in [6.07, 6.45) is 4.82. The molecule has 0 saturated carbocycles. The fraction of sp³-hybridized carbons (Fsp3) is 0.588. The van der Waals surface area contributed by atoms with Crippen molar-refractivity contribution in [2.45, 2.75) is 45.3 Å². The van der Waals surface area contributed by atoms with Crippen LogP contribution in [-0.4, -0.2) is 18.2 Å². The number of benzene rings is 1. The van der Waals surface area contributed by atoms with Crippen LogP contribution in [0.4, 0.5) is 0 Å². The molecule has 1 N–H and O–H groups in total. The lowest BCUT2D eigenvalue weighted by Crippen LogP contribution is -2.30. The van der Waals surface area contributed by atoms with Crippen molar-refractivity contribution in [2.75, 3.05) is 12.3 Å². The van der Waals surface area contributed by atoms with Crippen LogP contribution in [0.5, 0.6) is 0 Å². The van der Waals surface area contributed by atoms with Gasteiger partial charge in [0.1, 0.15) is 0 Å². The van der Waals surface area contributed by atoms with Gasteiger partial charge in [0.15, 0.2) is 0 Å². The Balaban J connectivity index is 2.17. The molecule has 0 heterocycles. The van der Waals surface area contributed by atoms with Crippen LogP contribution < -0.4 is 5.32 Å². The van der Waals surface area contributed by atoms with E-state index < -0.39 is 0 Å². The Hall–Kier alpha value is -0.670. The number of hydrogen-bond acceptors (Lipinski definition) is 2. The molecule has 4 heteroatoms. The zero-order chi connectivity index (χ0) is 15.5. The minimum Gasteiger partial charge on any atom is -0.355 e. The fourth-order valence-electron chi connectivity index (χ4n) is 2.09. The molecule has 0 radical (unpaired) electrons. The van der Waals surface area contributed by atoms with Crippen molar-refractivity contribution in [1.82, 2.24) is 5.32 Å². The highest BCUT2D eigenvalue weighted by atomic mass is 35.5. The first-order chi connectivity index (χ1) is 10.2. The molecule has 21 heavy (non-hydrogen) atoms. The van der Waals surface area contributed by atoms with Gasteiger partial charge in [-0.15, -0.1) is 11.8 Å². The highest BCUT2D eigenvalue weighted by molar-refractivity contribution is 7.99. The van der Waals surface area contributed by atoms with Crippen LogP contribution in [0.1, 0.15) is 45.1 Å². The normalized spacial score (nSPS) is 12.1. The van der Waals surface area contributed by atoms with Gasteiger partial charge in [-0.1, -0.05) is 56.8 Å². The van der Waals surface area contributed by atoms with E-state index in [2.05, 4.69) is 19.2 Å². The molecule has 118 valence electrons. The number of amides is 1. The molecule has 0 aliphatic carbocycles. The number of unbranched alkanes of at least 4 members (excludes halogenated alkanes) is 1. The summed E-state index contributed by atoms with van der Waals surface area (Å²) in [5, 5.41) is 3.81. The van der Waals surface area contributed by atoms with Crippen molar-refractivity contribution < 1.29 is 4.79 Å². The van der Waals surface area contributed by atoms with Gasteiger partial charge in [0, 0.05) is 17.3 Å². The third-order valence-electron chi connectivity index (χ3n) is 3.55. The van der Waals surface area contributed by atoms with Crippen LogP contribution in [0, 0.1) is 5.92 Å². The van der Waals surface area contributed by atoms with Crippen molar-refractivity contribution in [3.63, 3.8) is 0 Å². The average molecular weight is 328 g/mol. The average Bonchev–Trinajstić information content (AvgIpc) is 2.49. The molecule has 0 fully saturated rings. The minimum absolute atomic E-state index is 0.143. The Labute approximate surface area is 138 Å². The SMILES string of the molecule is CCCC[C@@H](CC)CNC(=O)CSCc1ccc(Cl)cc1. The number of carbonyl (C=O) groups excluding carboxylic acids is 1. The monoisotopic (exact) mass is 327 g/mol. The van der Waals surface area contributed by atoms with E-state index in [0.29, 0.717) is 11.7 Å². The quantitative estimate of drug-likeness (QED) is 0.661. The van der Waals surface area contributed by atoms with Gasteiger partial charge < -0.3 is 5.32 Å². The van der Waals surface area contributed by atoms with Crippen molar-refractivity contribution in [2.24, 2.45) is 5.92 Å². The molecule has 1 amide bonds. The summed E-state index contributed by atoms with van der Waals surface area (Å²) in [7, 11) is 0. The van der Waals surface area contributed by atoms with Crippen molar-refractivity contribution >= 4 is 29.3 Å². The Morgan fingerprint density at radius 3 is 2.62 bits per heavy atom. The third-order valence-corrected chi connectivity index (χ3v) is 4.80. The zero-order valence-electron chi connectivity index (χ0n) is 13.0. The molecule has 0 aromatic heterocycles. The van der Waals surface area contributed by atoms with Gasteiger partial charge in [-0.2, -0.15) is 0 Å². The van der Waals surface area contributed by atoms with Crippen LogP contribution in [0.2, 0.25) is 5.02 Å². The smallest absolute Gasteiger partial charge is 0.230 e.